The number of methoxy groups -OCH3 is 1. The molecule has 2 rings (SSSR count). The number of ether oxygens (including phenoxy) is 1. The van der Waals surface area contributed by atoms with E-state index in [0.717, 1.165) is 6.20 Å². The first-order chi connectivity index (χ1) is 7.65. The van der Waals surface area contributed by atoms with E-state index in [1.54, 1.807) is 18.2 Å². The summed E-state index contributed by atoms with van der Waals surface area (Å²) < 4.78 is 5.12. The van der Waals surface area contributed by atoms with Gasteiger partial charge >= 0.3 is 5.97 Å². The molecule has 1 aliphatic carbocycles. The number of aliphatic carboxylic acids is 1. The summed E-state index contributed by atoms with van der Waals surface area (Å²) in [6, 6.07) is 0. The maximum atomic E-state index is 11.8. The molecule has 82 valence electrons. The first-order valence-corrected chi connectivity index (χ1v) is 4.62. The molecule has 0 saturated heterocycles. The quantitative estimate of drug-likeness (QED) is 0.686. The molecule has 2 aliphatic rings. The summed E-state index contributed by atoms with van der Waals surface area (Å²) in [5, 5.41) is 8.79. The van der Waals surface area contributed by atoms with Gasteiger partial charge in [-0.1, -0.05) is 6.08 Å². The van der Waals surface area contributed by atoms with Gasteiger partial charge in [0.05, 0.1) is 5.71 Å². The van der Waals surface area contributed by atoms with Gasteiger partial charge < -0.3 is 9.84 Å². The SMILES string of the molecule is COC1C=CC=C2C(=O)C(C(=O)O)=CN=C21. The highest BCUT2D eigenvalue weighted by Gasteiger charge is 2.32. The third-order valence-electron chi connectivity index (χ3n) is 2.40. The fraction of sp³-hybridized carbons (Fsp3) is 0.182. The minimum Gasteiger partial charge on any atom is -0.477 e. The van der Waals surface area contributed by atoms with E-state index in [0.29, 0.717) is 5.71 Å². The minimum absolute atomic E-state index is 0.286. The molecule has 0 bridgehead atoms. The molecule has 5 nitrogen and oxygen atoms in total. The van der Waals surface area contributed by atoms with Gasteiger partial charge in [-0.3, -0.25) is 9.79 Å². The number of ketones is 1. The second-order valence-corrected chi connectivity index (χ2v) is 3.31. The van der Waals surface area contributed by atoms with Crippen molar-refractivity contribution in [1.29, 1.82) is 0 Å². The lowest BCUT2D eigenvalue weighted by atomic mass is 9.91. The molecule has 0 amide bonds. The summed E-state index contributed by atoms with van der Waals surface area (Å²) in [4.78, 5) is 26.5. The number of allylic oxidation sites excluding steroid dienone is 2. The van der Waals surface area contributed by atoms with E-state index in [1.165, 1.54) is 7.11 Å². The first kappa shape index (κ1) is 10.5. The molecule has 0 aromatic heterocycles. The molecule has 0 aromatic carbocycles. The third kappa shape index (κ3) is 1.51. The topological polar surface area (TPSA) is 76.0 Å². The Morgan fingerprint density at radius 2 is 2.31 bits per heavy atom. The van der Waals surface area contributed by atoms with Gasteiger partial charge in [0.25, 0.3) is 0 Å². The van der Waals surface area contributed by atoms with E-state index in [2.05, 4.69) is 4.99 Å². The molecule has 0 fully saturated rings. The number of hydrogen-bond acceptors (Lipinski definition) is 4. The molecule has 5 heteroatoms. The predicted molar refractivity (Wildman–Crippen MR) is 56.2 cm³/mol. The number of Topliss-reactive ketones (excluding diaryl/α,β-unsaturated/α-hetero) is 1. The highest BCUT2D eigenvalue weighted by molar-refractivity contribution is 6.37. The lowest BCUT2D eigenvalue weighted by Gasteiger charge is -2.21. The summed E-state index contributed by atoms with van der Waals surface area (Å²) >= 11 is 0. The number of nitrogens with zero attached hydrogens (tertiary/aromatic N) is 1. The van der Waals surface area contributed by atoms with Crippen molar-refractivity contribution in [2.75, 3.05) is 7.11 Å². The molecule has 1 unspecified atom stereocenters. The lowest BCUT2D eigenvalue weighted by Crippen LogP contribution is -2.32. The number of carbonyl (C=O) groups is 2. The van der Waals surface area contributed by atoms with Crippen LogP contribution in [0.4, 0.5) is 0 Å². The second kappa shape index (κ2) is 3.86. The highest BCUT2D eigenvalue weighted by Crippen LogP contribution is 2.21. The van der Waals surface area contributed by atoms with Crippen LogP contribution in [0.2, 0.25) is 0 Å². The molecule has 16 heavy (non-hydrogen) atoms. The van der Waals surface area contributed by atoms with Crippen molar-refractivity contribution in [3.05, 3.63) is 35.6 Å². The Morgan fingerprint density at radius 3 is 2.94 bits per heavy atom. The fourth-order valence-corrected chi connectivity index (χ4v) is 1.60. The molecule has 1 aliphatic heterocycles. The standard InChI is InChI=1S/C11H9NO4/c1-16-8-4-2-3-6-9(8)12-5-7(10(6)13)11(14)15/h2-5,8H,1H3,(H,14,15). The van der Waals surface area contributed by atoms with Crippen molar-refractivity contribution in [2.45, 2.75) is 6.10 Å². The highest BCUT2D eigenvalue weighted by atomic mass is 16.5. The van der Waals surface area contributed by atoms with Gasteiger partial charge in [0.2, 0.25) is 5.78 Å². The van der Waals surface area contributed by atoms with E-state index in [9.17, 15) is 9.59 Å². The number of carbonyl (C=O) groups excluding carboxylic acids is 1. The summed E-state index contributed by atoms with van der Waals surface area (Å²) in [5.74, 6) is -1.79. The molecular formula is C11H9NO4. The summed E-state index contributed by atoms with van der Waals surface area (Å²) in [6.45, 7) is 0. The molecule has 1 heterocycles. The molecule has 0 radical (unpaired) electrons. The maximum absolute atomic E-state index is 11.8. The van der Waals surface area contributed by atoms with Gasteiger partial charge in [-0.05, 0) is 12.2 Å². The Balaban J connectivity index is 2.47. The van der Waals surface area contributed by atoms with Gasteiger partial charge in [-0.2, -0.15) is 0 Å². The zero-order valence-corrected chi connectivity index (χ0v) is 8.51. The maximum Gasteiger partial charge on any atom is 0.341 e. The van der Waals surface area contributed by atoms with Crippen molar-refractivity contribution < 1.29 is 19.4 Å². The van der Waals surface area contributed by atoms with Gasteiger partial charge in [0.15, 0.2) is 0 Å². The van der Waals surface area contributed by atoms with E-state index in [1.807, 2.05) is 0 Å². The molecular weight excluding hydrogens is 210 g/mol. The fourth-order valence-electron chi connectivity index (χ4n) is 1.60. The van der Waals surface area contributed by atoms with Gasteiger partial charge in [-0.15, -0.1) is 0 Å². The zero-order valence-electron chi connectivity index (χ0n) is 8.51. The number of carboxylic acid groups (broad SMARTS) is 1. The lowest BCUT2D eigenvalue weighted by molar-refractivity contribution is -0.134. The number of rotatable bonds is 2. The average molecular weight is 219 g/mol. The van der Waals surface area contributed by atoms with Crippen molar-refractivity contribution in [1.82, 2.24) is 0 Å². The molecule has 0 saturated carbocycles. The Hall–Kier alpha value is -2.01. The Bertz CT molecular complexity index is 482. The second-order valence-electron chi connectivity index (χ2n) is 3.31. The summed E-state index contributed by atoms with van der Waals surface area (Å²) in [6.07, 6.45) is 5.63. The summed E-state index contributed by atoms with van der Waals surface area (Å²) in [5.41, 5.74) is 0.425. The van der Waals surface area contributed by atoms with Crippen LogP contribution in [-0.2, 0) is 14.3 Å². The van der Waals surface area contributed by atoms with Crippen LogP contribution in [0, 0.1) is 0 Å². The van der Waals surface area contributed by atoms with Crippen LogP contribution >= 0.6 is 0 Å². The van der Waals surface area contributed by atoms with E-state index in [4.69, 9.17) is 9.84 Å². The molecule has 1 atom stereocenters. The van der Waals surface area contributed by atoms with Crippen molar-refractivity contribution in [3.63, 3.8) is 0 Å². The third-order valence-corrected chi connectivity index (χ3v) is 2.40. The van der Waals surface area contributed by atoms with Crippen molar-refractivity contribution in [2.24, 2.45) is 4.99 Å². The summed E-state index contributed by atoms with van der Waals surface area (Å²) in [7, 11) is 1.50. The Morgan fingerprint density at radius 1 is 1.56 bits per heavy atom. The van der Waals surface area contributed by atoms with E-state index >= 15 is 0 Å². The van der Waals surface area contributed by atoms with Crippen LogP contribution in [0.3, 0.4) is 0 Å². The Kier molecular flexibility index (Phi) is 2.54. The largest absolute Gasteiger partial charge is 0.477 e. The number of fused-ring (bicyclic) bond motifs is 1. The van der Waals surface area contributed by atoms with E-state index < -0.39 is 17.9 Å². The van der Waals surface area contributed by atoms with Crippen molar-refractivity contribution in [3.8, 4) is 0 Å². The number of aliphatic imine (C=N–C) groups is 1. The minimum atomic E-state index is -1.27. The average Bonchev–Trinajstić information content (AvgIpc) is 2.28. The normalized spacial score (nSPS) is 23.2. The number of hydrogen-bond donors (Lipinski definition) is 1. The first-order valence-electron chi connectivity index (χ1n) is 4.62. The van der Waals surface area contributed by atoms with Crippen molar-refractivity contribution >= 4 is 17.5 Å². The van der Waals surface area contributed by atoms with Crippen LogP contribution in [-0.4, -0.2) is 35.8 Å². The predicted octanol–water partition coefficient (Wildman–Crippen LogP) is 0.490. The van der Waals surface area contributed by atoms with Gasteiger partial charge in [-0.25, -0.2) is 4.79 Å². The zero-order chi connectivity index (χ0) is 11.7. The molecule has 1 N–H and O–H groups in total. The van der Waals surface area contributed by atoms with Crippen LogP contribution in [0.25, 0.3) is 0 Å². The van der Waals surface area contributed by atoms with Gasteiger partial charge in [0.1, 0.15) is 11.7 Å². The van der Waals surface area contributed by atoms with E-state index in [-0.39, 0.29) is 11.1 Å². The van der Waals surface area contributed by atoms with Crippen LogP contribution in [0.5, 0.6) is 0 Å². The molecule has 0 aromatic rings. The van der Waals surface area contributed by atoms with Crippen LogP contribution < -0.4 is 0 Å². The Labute approximate surface area is 91.4 Å². The smallest absolute Gasteiger partial charge is 0.341 e. The monoisotopic (exact) mass is 219 g/mol. The molecule has 0 spiro atoms. The van der Waals surface area contributed by atoms with Crippen LogP contribution in [0.1, 0.15) is 0 Å². The number of carboxylic acids is 1. The van der Waals surface area contributed by atoms with Crippen LogP contribution in [0.15, 0.2) is 40.6 Å². The van der Waals surface area contributed by atoms with Gasteiger partial charge in [0, 0.05) is 18.9 Å².